The van der Waals surface area contributed by atoms with Crippen LogP contribution in [0.15, 0.2) is 18.3 Å². The van der Waals surface area contributed by atoms with E-state index >= 15 is 0 Å². The van der Waals surface area contributed by atoms with E-state index < -0.39 is 0 Å². The van der Waals surface area contributed by atoms with Gasteiger partial charge in [-0.25, -0.2) is 0 Å². The average molecular weight is 233 g/mol. The van der Waals surface area contributed by atoms with Crippen LogP contribution in [0.2, 0.25) is 0 Å². The first-order valence-corrected chi connectivity index (χ1v) is 6.10. The molecule has 1 amide bonds. The highest BCUT2D eigenvalue weighted by Gasteiger charge is 2.39. The minimum Gasteiger partial charge on any atom is -0.329 e. The molecule has 0 saturated heterocycles. The Morgan fingerprint density at radius 3 is 2.82 bits per heavy atom. The molecule has 1 aliphatic rings. The minimum absolute atomic E-state index is 0.0584. The van der Waals surface area contributed by atoms with Crippen molar-refractivity contribution < 1.29 is 4.79 Å². The lowest BCUT2D eigenvalue weighted by Gasteiger charge is -2.25. The van der Waals surface area contributed by atoms with Crippen LogP contribution < -0.4 is 11.1 Å². The molecule has 1 aromatic rings. The molecular weight excluding hydrogens is 214 g/mol. The Morgan fingerprint density at radius 1 is 1.53 bits per heavy atom. The van der Waals surface area contributed by atoms with E-state index in [9.17, 15) is 4.79 Å². The third-order valence-corrected chi connectivity index (χ3v) is 3.59. The molecule has 4 nitrogen and oxygen atoms in total. The van der Waals surface area contributed by atoms with Crippen molar-refractivity contribution in [2.45, 2.75) is 32.6 Å². The minimum atomic E-state index is -0.350. The van der Waals surface area contributed by atoms with Crippen LogP contribution in [0.3, 0.4) is 0 Å². The lowest BCUT2D eigenvalue weighted by molar-refractivity contribution is -0.124. The number of nitrogens with two attached hydrogens (primary N) is 1. The molecule has 1 fully saturated rings. The normalized spacial score (nSPS) is 18.0. The maximum atomic E-state index is 12.3. The molecule has 1 aliphatic carbocycles. The van der Waals surface area contributed by atoms with Gasteiger partial charge in [0.2, 0.25) is 5.91 Å². The first-order chi connectivity index (χ1) is 8.16. The fourth-order valence-electron chi connectivity index (χ4n) is 2.46. The van der Waals surface area contributed by atoms with Crippen LogP contribution in [0.25, 0.3) is 0 Å². The van der Waals surface area contributed by atoms with Crippen molar-refractivity contribution in [2.75, 3.05) is 11.9 Å². The summed E-state index contributed by atoms with van der Waals surface area (Å²) in [7, 11) is 0. The van der Waals surface area contributed by atoms with Crippen LogP contribution in [0.5, 0.6) is 0 Å². The van der Waals surface area contributed by atoms with Crippen molar-refractivity contribution in [3.05, 3.63) is 24.0 Å². The standard InChI is InChI=1S/C13H19N3O/c1-10-8-11(4-7-15-10)16-12(17)13(9-14)5-2-3-6-13/h4,7-8H,2-3,5-6,9,14H2,1H3,(H,15,16,17). The number of aryl methyl sites for hydroxylation is 1. The number of carbonyl (C=O) groups excluding carboxylic acids is 1. The van der Waals surface area contributed by atoms with Crippen molar-refractivity contribution >= 4 is 11.6 Å². The number of hydrogen-bond acceptors (Lipinski definition) is 3. The molecule has 0 bridgehead atoms. The first kappa shape index (κ1) is 12.0. The summed E-state index contributed by atoms with van der Waals surface area (Å²) in [6.45, 7) is 2.34. The summed E-state index contributed by atoms with van der Waals surface area (Å²) in [6.07, 6.45) is 5.70. The summed E-state index contributed by atoms with van der Waals surface area (Å²) in [5, 5.41) is 2.96. The van der Waals surface area contributed by atoms with E-state index in [1.165, 1.54) is 0 Å². The summed E-state index contributed by atoms with van der Waals surface area (Å²) in [4.78, 5) is 16.4. The zero-order valence-electron chi connectivity index (χ0n) is 10.2. The van der Waals surface area contributed by atoms with Crippen LogP contribution in [0.1, 0.15) is 31.4 Å². The molecule has 4 heteroatoms. The summed E-state index contributed by atoms with van der Waals surface area (Å²) >= 11 is 0. The topological polar surface area (TPSA) is 68.0 Å². The van der Waals surface area contributed by atoms with Gasteiger partial charge in [-0.05, 0) is 31.9 Å². The second-order valence-corrected chi connectivity index (χ2v) is 4.83. The summed E-state index contributed by atoms with van der Waals surface area (Å²) in [5.74, 6) is 0.0584. The van der Waals surface area contributed by atoms with E-state index in [1.807, 2.05) is 19.1 Å². The predicted octanol–water partition coefficient (Wildman–Crippen LogP) is 1.85. The van der Waals surface area contributed by atoms with Crippen LogP contribution >= 0.6 is 0 Å². The van der Waals surface area contributed by atoms with Crippen LogP contribution in [-0.4, -0.2) is 17.4 Å². The van der Waals surface area contributed by atoms with Gasteiger partial charge < -0.3 is 11.1 Å². The molecule has 1 aromatic heterocycles. The van der Waals surface area contributed by atoms with Gasteiger partial charge in [-0.2, -0.15) is 0 Å². The molecule has 0 radical (unpaired) electrons. The van der Waals surface area contributed by atoms with Gasteiger partial charge in [0.25, 0.3) is 0 Å². The third-order valence-electron chi connectivity index (χ3n) is 3.59. The van der Waals surface area contributed by atoms with Crippen molar-refractivity contribution in [3.63, 3.8) is 0 Å². The summed E-state index contributed by atoms with van der Waals surface area (Å²) < 4.78 is 0. The quantitative estimate of drug-likeness (QED) is 0.837. The van der Waals surface area contributed by atoms with Gasteiger partial charge in [-0.15, -0.1) is 0 Å². The molecule has 1 heterocycles. The highest BCUT2D eigenvalue weighted by Crippen LogP contribution is 2.38. The SMILES string of the molecule is Cc1cc(NC(=O)C2(CN)CCCC2)ccn1. The van der Waals surface area contributed by atoms with Gasteiger partial charge in [0.05, 0.1) is 5.41 Å². The highest BCUT2D eigenvalue weighted by atomic mass is 16.2. The molecule has 0 aliphatic heterocycles. The molecule has 0 unspecified atom stereocenters. The Bertz CT molecular complexity index is 411. The number of aromatic nitrogens is 1. The monoisotopic (exact) mass is 233 g/mol. The number of anilines is 1. The zero-order chi connectivity index (χ0) is 12.3. The van der Waals surface area contributed by atoms with Gasteiger partial charge in [0, 0.05) is 24.1 Å². The van der Waals surface area contributed by atoms with E-state index in [4.69, 9.17) is 5.73 Å². The Balaban J connectivity index is 2.10. The average Bonchev–Trinajstić information content (AvgIpc) is 2.78. The van der Waals surface area contributed by atoms with Gasteiger partial charge in [0.15, 0.2) is 0 Å². The van der Waals surface area contributed by atoms with Crippen molar-refractivity contribution in [1.29, 1.82) is 0 Å². The van der Waals surface area contributed by atoms with Crippen molar-refractivity contribution in [2.24, 2.45) is 11.1 Å². The number of carbonyl (C=O) groups is 1. The van der Waals surface area contributed by atoms with Gasteiger partial charge in [0.1, 0.15) is 0 Å². The number of rotatable bonds is 3. The second-order valence-electron chi connectivity index (χ2n) is 4.83. The van der Waals surface area contributed by atoms with Gasteiger partial charge in [-0.1, -0.05) is 12.8 Å². The molecule has 3 N–H and O–H groups in total. The molecular formula is C13H19N3O. The second kappa shape index (κ2) is 4.84. The molecule has 92 valence electrons. The predicted molar refractivity (Wildman–Crippen MR) is 67.6 cm³/mol. The summed E-state index contributed by atoms with van der Waals surface area (Å²) in [6, 6.07) is 3.68. The molecule has 2 rings (SSSR count). The van der Waals surface area contributed by atoms with Gasteiger partial charge in [-0.3, -0.25) is 9.78 Å². The largest absolute Gasteiger partial charge is 0.329 e. The highest BCUT2D eigenvalue weighted by molar-refractivity contribution is 5.95. The smallest absolute Gasteiger partial charge is 0.231 e. The fraction of sp³-hybridized carbons (Fsp3) is 0.538. The number of pyridine rings is 1. The number of nitrogens with one attached hydrogen (secondary N) is 1. The maximum absolute atomic E-state index is 12.3. The van der Waals surface area contributed by atoms with Crippen LogP contribution in [0, 0.1) is 12.3 Å². The van der Waals surface area contributed by atoms with Gasteiger partial charge >= 0.3 is 0 Å². The van der Waals surface area contributed by atoms with E-state index in [-0.39, 0.29) is 11.3 Å². The Morgan fingerprint density at radius 2 is 2.24 bits per heavy atom. The number of hydrogen-bond donors (Lipinski definition) is 2. The van der Waals surface area contributed by atoms with Crippen molar-refractivity contribution in [3.8, 4) is 0 Å². The number of nitrogens with zero attached hydrogens (tertiary/aromatic N) is 1. The molecule has 17 heavy (non-hydrogen) atoms. The molecule has 1 saturated carbocycles. The van der Waals surface area contributed by atoms with Crippen molar-refractivity contribution in [1.82, 2.24) is 4.98 Å². The van der Waals surface area contributed by atoms with E-state index in [1.54, 1.807) is 6.20 Å². The lowest BCUT2D eigenvalue weighted by atomic mass is 9.85. The number of amides is 1. The zero-order valence-corrected chi connectivity index (χ0v) is 10.2. The van der Waals surface area contributed by atoms with E-state index in [0.29, 0.717) is 6.54 Å². The first-order valence-electron chi connectivity index (χ1n) is 6.10. The van der Waals surface area contributed by atoms with E-state index in [0.717, 1.165) is 37.1 Å². The molecule has 0 atom stereocenters. The lowest BCUT2D eigenvalue weighted by Crippen LogP contribution is -2.40. The van der Waals surface area contributed by atoms with E-state index in [2.05, 4.69) is 10.3 Å². The van der Waals surface area contributed by atoms with Crippen LogP contribution in [-0.2, 0) is 4.79 Å². The fourth-order valence-corrected chi connectivity index (χ4v) is 2.46. The molecule has 0 spiro atoms. The Kier molecular flexibility index (Phi) is 3.43. The third kappa shape index (κ3) is 2.47. The van der Waals surface area contributed by atoms with Crippen LogP contribution in [0.4, 0.5) is 5.69 Å². The summed E-state index contributed by atoms with van der Waals surface area (Å²) in [5.41, 5.74) is 7.14. The Hall–Kier alpha value is -1.42. The maximum Gasteiger partial charge on any atom is 0.231 e. The Labute approximate surface area is 102 Å². The molecule has 0 aromatic carbocycles.